The minimum Gasteiger partial charge on any atom is -0.344 e. The molecule has 2 nitrogen and oxygen atoms in total. The topological polar surface area (TPSA) is 37.3 Å². The van der Waals surface area contributed by atoms with Gasteiger partial charge in [-0.1, -0.05) is 41.5 Å². The van der Waals surface area contributed by atoms with Crippen LogP contribution < -0.4 is 0 Å². The first-order chi connectivity index (χ1) is 4.50. The highest BCUT2D eigenvalue weighted by Crippen LogP contribution is 2.63. The Hall–Kier alpha value is 0.190. The first kappa shape index (κ1) is 11.2. The van der Waals surface area contributed by atoms with Crippen molar-refractivity contribution < 1.29 is 9.46 Å². The third kappa shape index (κ3) is 2.07. The molecule has 68 valence electrons. The van der Waals surface area contributed by atoms with Crippen LogP contribution in [0.25, 0.3) is 0 Å². The fourth-order valence-electron chi connectivity index (χ4n) is 1.01. The smallest absolute Gasteiger partial charge is 0.210 e. The summed E-state index contributed by atoms with van der Waals surface area (Å²) in [5.41, 5.74) is 0. The first-order valence-electron chi connectivity index (χ1n) is 3.83. The van der Waals surface area contributed by atoms with Crippen molar-refractivity contribution in [2.24, 2.45) is 0 Å². The van der Waals surface area contributed by atoms with Crippen LogP contribution in [-0.4, -0.2) is 15.2 Å². The molecule has 3 heteroatoms. The minimum absolute atomic E-state index is 0.509. The fraction of sp³-hybridized carbons (Fsp3) is 1.00. The summed E-state index contributed by atoms with van der Waals surface area (Å²) in [5.74, 6) is 0. The zero-order valence-electron chi connectivity index (χ0n) is 8.30. The fourth-order valence-corrected chi connectivity index (χ4v) is 3.02. The molecule has 0 spiro atoms. The van der Waals surface area contributed by atoms with Crippen LogP contribution in [0.5, 0.6) is 0 Å². The normalized spacial score (nSPS) is 15.2. The molecule has 0 heterocycles. The van der Waals surface area contributed by atoms with E-state index in [1.54, 1.807) is 41.5 Å². The van der Waals surface area contributed by atoms with E-state index < -0.39 is 17.7 Å². The second kappa shape index (κ2) is 2.60. The monoisotopic (exact) mass is 178 g/mol. The third-order valence-electron chi connectivity index (χ3n) is 1.82. The van der Waals surface area contributed by atoms with Crippen molar-refractivity contribution in [2.75, 3.05) is 0 Å². The first-order valence-corrected chi connectivity index (χ1v) is 5.49. The highest BCUT2D eigenvalue weighted by atomic mass is 31.2. The summed E-state index contributed by atoms with van der Waals surface area (Å²) >= 11 is 0. The molecule has 0 aliphatic carbocycles. The van der Waals surface area contributed by atoms with E-state index in [9.17, 15) is 9.46 Å². The Bertz CT molecular complexity index is 165. The van der Waals surface area contributed by atoms with Crippen molar-refractivity contribution >= 4 is 7.37 Å². The lowest BCUT2D eigenvalue weighted by Crippen LogP contribution is -2.28. The molecule has 0 bridgehead atoms. The van der Waals surface area contributed by atoms with E-state index in [0.29, 0.717) is 0 Å². The van der Waals surface area contributed by atoms with E-state index in [0.717, 1.165) is 0 Å². The molecule has 0 aromatic heterocycles. The van der Waals surface area contributed by atoms with Crippen molar-refractivity contribution in [1.29, 1.82) is 0 Å². The molecule has 0 radical (unpaired) electrons. The predicted molar refractivity (Wildman–Crippen MR) is 49.3 cm³/mol. The third-order valence-corrected chi connectivity index (χ3v) is 5.46. The van der Waals surface area contributed by atoms with Gasteiger partial charge in [0, 0.05) is 10.3 Å². The highest BCUT2D eigenvalue weighted by Gasteiger charge is 2.44. The quantitative estimate of drug-likeness (QED) is 0.579. The van der Waals surface area contributed by atoms with Crippen molar-refractivity contribution in [1.82, 2.24) is 0 Å². The highest BCUT2D eigenvalue weighted by molar-refractivity contribution is 7.61. The molecule has 0 aliphatic heterocycles. The van der Waals surface area contributed by atoms with Crippen LogP contribution in [0.1, 0.15) is 41.5 Å². The van der Waals surface area contributed by atoms with Gasteiger partial charge in [-0.2, -0.15) is 0 Å². The lowest BCUT2D eigenvalue weighted by molar-refractivity contribution is 0.413. The summed E-state index contributed by atoms with van der Waals surface area (Å²) in [6, 6.07) is 0. The van der Waals surface area contributed by atoms with E-state index in [1.165, 1.54) is 0 Å². The molecule has 0 aromatic carbocycles. The molecule has 0 aromatic rings. The Morgan fingerprint density at radius 2 is 1.09 bits per heavy atom. The summed E-state index contributed by atoms with van der Waals surface area (Å²) in [5, 5.41) is -1.02. The Morgan fingerprint density at radius 3 is 1.09 bits per heavy atom. The molecule has 1 N–H and O–H groups in total. The summed E-state index contributed by atoms with van der Waals surface area (Å²) < 4.78 is 11.8. The van der Waals surface area contributed by atoms with Crippen LogP contribution >= 0.6 is 7.37 Å². The van der Waals surface area contributed by atoms with Crippen molar-refractivity contribution in [3.05, 3.63) is 0 Å². The van der Waals surface area contributed by atoms with Gasteiger partial charge in [0.25, 0.3) is 0 Å². The van der Waals surface area contributed by atoms with Gasteiger partial charge in [0.2, 0.25) is 7.37 Å². The average Bonchev–Trinajstić information content (AvgIpc) is 1.58. The molecule has 0 atom stereocenters. The van der Waals surface area contributed by atoms with Crippen LogP contribution in [-0.2, 0) is 4.57 Å². The van der Waals surface area contributed by atoms with E-state index in [2.05, 4.69) is 0 Å². The maximum absolute atomic E-state index is 11.8. The Kier molecular flexibility index (Phi) is 2.65. The molecule has 11 heavy (non-hydrogen) atoms. The van der Waals surface area contributed by atoms with Gasteiger partial charge in [-0.15, -0.1) is 0 Å². The van der Waals surface area contributed by atoms with Crippen molar-refractivity contribution in [3.8, 4) is 0 Å². The molecular formula is C8H19O2P. The number of hydrogen-bond donors (Lipinski definition) is 1. The van der Waals surface area contributed by atoms with Crippen molar-refractivity contribution in [3.63, 3.8) is 0 Å². The molecule has 0 unspecified atom stereocenters. The summed E-state index contributed by atoms with van der Waals surface area (Å²) in [7, 11) is -3.06. The molecule has 0 rings (SSSR count). The SMILES string of the molecule is CC(C)(C)P(=O)(O)C(C)(C)C. The minimum atomic E-state index is -3.06. The van der Waals surface area contributed by atoms with E-state index in [4.69, 9.17) is 0 Å². The molecule has 0 amide bonds. The largest absolute Gasteiger partial charge is 0.344 e. The van der Waals surface area contributed by atoms with E-state index >= 15 is 0 Å². The zero-order chi connectivity index (χ0) is 9.50. The zero-order valence-corrected chi connectivity index (χ0v) is 9.20. The standard InChI is InChI=1S/C8H19O2P/c1-7(2,3)11(9,10)8(4,5)6/h1-6H3,(H,9,10). The summed E-state index contributed by atoms with van der Waals surface area (Å²) in [4.78, 5) is 9.74. The maximum Gasteiger partial charge on any atom is 0.210 e. The molecule has 0 fully saturated rings. The lowest BCUT2D eigenvalue weighted by atomic mass is 10.2. The Labute approximate surface area is 69.5 Å². The Balaban J connectivity index is 4.92. The van der Waals surface area contributed by atoms with Crippen LogP contribution in [0.2, 0.25) is 0 Å². The molecular weight excluding hydrogens is 159 g/mol. The van der Waals surface area contributed by atoms with Gasteiger partial charge in [0.15, 0.2) is 0 Å². The average molecular weight is 178 g/mol. The summed E-state index contributed by atoms with van der Waals surface area (Å²) in [6.07, 6.45) is 0. The van der Waals surface area contributed by atoms with Gasteiger partial charge in [0.05, 0.1) is 0 Å². The van der Waals surface area contributed by atoms with Crippen LogP contribution in [0.4, 0.5) is 0 Å². The maximum atomic E-state index is 11.8. The van der Waals surface area contributed by atoms with Gasteiger partial charge >= 0.3 is 0 Å². The van der Waals surface area contributed by atoms with Gasteiger partial charge in [-0.25, -0.2) is 0 Å². The van der Waals surface area contributed by atoms with E-state index in [1.807, 2.05) is 0 Å². The second-order valence-corrected chi connectivity index (χ2v) is 8.75. The Morgan fingerprint density at radius 1 is 0.909 bits per heavy atom. The predicted octanol–water partition coefficient (Wildman–Crippen LogP) is 2.85. The summed E-state index contributed by atoms with van der Waals surface area (Å²) in [6.45, 7) is 10.8. The van der Waals surface area contributed by atoms with Gasteiger partial charge in [-0.3, -0.25) is 4.57 Å². The van der Waals surface area contributed by atoms with Gasteiger partial charge < -0.3 is 4.89 Å². The number of hydrogen-bond acceptors (Lipinski definition) is 1. The van der Waals surface area contributed by atoms with Crippen molar-refractivity contribution in [2.45, 2.75) is 51.9 Å². The van der Waals surface area contributed by atoms with Gasteiger partial charge in [0.1, 0.15) is 0 Å². The molecule has 0 aliphatic rings. The number of rotatable bonds is 0. The van der Waals surface area contributed by atoms with E-state index in [-0.39, 0.29) is 0 Å². The van der Waals surface area contributed by atoms with Crippen LogP contribution in [0.3, 0.4) is 0 Å². The van der Waals surface area contributed by atoms with Gasteiger partial charge in [-0.05, 0) is 0 Å². The second-order valence-electron chi connectivity index (χ2n) is 4.92. The molecule has 0 saturated carbocycles. The van der Waals surface area contributed by atoms with Crippen LogP contribution in [0.15, 0.2) is 0 Å². The van der Waals surface area contributed by atoms with Crippen LogP contribution in [0, 0.1) is 0 Å². The molecule has 0 saturated heterocycles. The lowest BCUT2D eigenvalue weighted by Gasteiger charge is -2.35.